The quantitative estimate of drug-likeness (QED) is 0.479. The summed E-state index contributed by atoms with van der Waals surface area (Å²) in [4.78, 5) is 0. The third kappa shape index (κ3) is 2.30. The van der Waals surface area contributed by atoms with Crippen LogP contribution in [-0.2, 0) is 4.74 Å². The van der Waals surface area contributed by atoms with Crippen LogP contribution >= 0.6 is 0 Å². The highest BCUT2D eigenvalue weighted by atomic mass is 16.5. The van der Waals surface area contributed by atoms with Crippen molar-refractivity contribution in [3.8, 4) is 0 Å². The molecule has 1 heterocycles. The summed E-state index contributed by atoms with van der Waals surface area (Å²) >= 11 is 0. The average Bonchev–Trinajstić information content (AvgIpc) is 2.34. The zero-order valence-electron chi connectivity index (χ0n) is 5.68. The third-order valence-corrected chi connectivity index (χ3v) is 1.59. The second kappa shape index (κ2) is 3.82. The van der Waals surface area contributed by atoms with Crippen molar-refractivity contribution in [3.05, 3.63) is 0 Å². The molecule has 1 unspecified atom stereocenters. The predicted octanol–water partition coefficient (Wildman–Crippen LogP) is -1.70. The Balaban J connectivity index is 1.98. The first kappa shape index (κ1) is 6.99. The van der Waals surface area contributed by atoms with Crippen LogP contribution < -0.4 is 11.1 Å². The van der Waals surface area contributed by atoms with Gasteiger partial charge in [0.25, 0.3) is 0 Å². The van der Waals surface area contributed by atoms with E-state index in [9.17, 15) is 0 Å². The summed E-state index contributed by atoms with van der Waals surface area (Å²) in [6, 6.07) is 0. The molecule has 0 aromatic carbocycles. The topological polar surface area (TPSA) is 51.9 Å². The first-order chi connectivity index (χ1) is 4.43. The Kier molecular flexibility index (Phi) is 2.97. The maximum absolute atomic E-state index is 5.40. The van der Waals surface area contributed by atoms with Gasteiger partial charge in [-0.2, -0.15) is 0 Å². The molecule has 1 aliphatic heterocycles. The smallest absolute Gasteiger partial charge is 0.112 e. The summed E-state index contributed by atoms with van der Waals surface area (Å²) in [6.45, 7) is 3.71. The van der Waals surface area contributed by atoms with Gasteiger partial charge in [-0.05, 0) is 0 Å². The van der Waals surface area contributed by atoms with E-state index in [1.54, 1.807) is 0 Å². The van der Waals surface area contributed by atoms with E-state index in [1.165, 1.54) is 13.0 Å². The molecule has 0 bridgehead atoms. The minimum atomic E-state index is 0.480. The van der Waals surface area contributed by atoms with E-state index in [4.69, 9.17) is 10.5 Å². The number of nitrogens with two attached hydrogens (primary N) is 2. The number of hydrogen-bond donors (Lipinski definition) is 2. The second-order valence-electron chi connectivity index (χ2n) is 2.38. The van der Waals surface area contributed by atoms with Gasteiger partial charge in [0.1, 0.15) is 12.6 Å². The van der Waals surface area contributed by atoms with Crippen LogP contribution in [0.3, 0.4) is 0 Å². The van der Waals surface area contributed by atoms with Gasteiger partial charge in [0, 0.05) is 13.0 Å². The molecule has 0 amide bonds. The number of rotatable bonds is 3. The lowest BCUT2D eigenvalue weighted by atomic mass is 10.3. The van der Waals surface area contributed by atoms with Crippen LogP contribution in [0.2, 0.25) is 0 Å². The van der Waals surface area contributed by atoms with Crippen LogP contribution in [0.25, 0.3) is 0 Å². The van der Waals surface area contributed by atoms with Gasteiger partial charge in [-0.1, -0.05) is 0 Å². The lowest BCUT2D eigenvalue weighted by Gasteiger charge is -2.05. The Morgan fingerprint density at radius 2 is 2.56 bits per heavy atom. The fourth-order valence-corrected chi connectivity index (χ4v) is 1.11. The van der Waals surface area contributed by atoms with Crippen LogP contribution in [-0.4, -0.2) is 32.3 Å². The summed E-state index contributed by atoms with van der Waals surface area (Å²) < 4.78 is 5.40. The van der Waals surface area contributed by atoms with E-state index >= 15 is 0 Å². The van der Waals surface area contributed by atoms with Gasteiger partial charge in [0.2, 0.25) is 0 Å². The molecule has 3 heteroatoms. The van der Waals surface area contributed by atoms with Crippen LogP contribution in [0.15, 0.2) is 0 Å². The summed E-state index contributed by atoms with van der Waals surface area (Å²) in [6.07, 6.45) is 1.67. The fourth-order valence-electron chi connectivity index (χ4n) is 1.11. The molecule has 9 heavy (non-hydrogen) atoms. The zero-order chi connectivity index (χ0) is 6.53. The molecule has 1 aliphatic rings. The lowest BCUT2D eigenvalue weighted by Crippen LogP contribution is -2.81. The Labute approximate surface area is 55.6 Å². The molecule has 0 radical (unpaired) electrons. The zero-order valence-corrected chi connectivity index (χ0v) is 5.68. The van der Waals surface area contributed by atoms with Gasteiger partial charge in [-0.15, -0.1) is 0 Å². The molecule has 1 fully saturated rings. The maximum atomic E-state index is 5.40. The SMILES string of the molecule is NCCOC1CC[NH2+]C1. The number of hydrogen-bond acceptors (Lipinski definition) is 2. The minimum Gasteiger partial charge on any atom is -0.371 e. The summed E-state index contributed by atoms with van der Waals surface area (Å²) in [5, 5.41) is 2.28. The molecule has 0 aromatic heterocycles. The van der Waals surface area contributed by atoms with Gasteiger partial charge in [-0.3, -0.25) is 0 Å². The van der Waals surface area contributed by atoms with Crippen LogP contribution in [0, 0.1) is 0 Å². The summed E-state index contributed by atoms with van der Waals surface area (Å²) in [5.41, 5.74) is 5.27. The van der Waals surface area contributed by atoms with Crippen molar-refractivity contribution < 1.29 is 10.1 Å². The molecule has 1 rings (SSSR count). The van der Waals surface area contributed by atoms with Crippen molar-refractivity contribution in [3.63, 3.8) is 0 Å². The van der Waals surface area contributed by atoms with Gasteiger partial charge in [0.15, 0.2) is 0 Å². The van der Waals surface area contributed by atoms with Gasteiger partial charge >= 0.3 is 0 Å². The molecule has 0 aromatic rings. The van der Waals surface area contributed by atoms with E-state index < -0.39 is 0 Å². The average molecular weight is 131 g/mol. The lowest BCUT2D eigenvalue weighted by molar-refractivity contribution is -0.638. The molecule has 0 aliphatic carbocycles. The molecule has 1 atom stereocenters. The molecule has 0 saturated carbocycles. The minimum absolute atomic E-state index is 0.480. The molecule has 4 N–H and O–H groups in total. The van der Waals surface area contributed by atoms with Crippen molar-refractivity contribution in [2.24, 2.45) is 5.73 Å². The largest absolute Gasteiger partial charge is 0.371 e. The van der Waals surface area contributed by atoms with Gasteiger partial charge < -0.3 is 15.8 Å². The number of ether oxygens (including phenoxy) is 1. The van der Waals surface area contributed by atoms with E-state index in [0.29, 0.717) is 12.6 Å². The Bertz CT molecular complexity index is 71.5. The van der Waals surface area contributed by atoms with E-state index in [1.807, 2.05) is 0 Å². The predicted molar refractivity (Wildman–Crippen MR) is 35.1 cm³/mol. The molecule has 1 saturated heterocycles. The van der Waals surface area contributed by atoms with E-state index in [2.05, 4.69) is 5.32 Å². The Hall–Kier alpha value is -0.120. The van der Waals surface area contributed by atoms with Gasteiger partial charge in [-0.25, -0.2) is 0 Å². The van der Waals surface area contributed by atoms with E-state index in [-0.39, 0.29) is 0 Å². The monoisotopic (exact) mass is 131 g/mol. The first-order valence-electron chi connectivity index (χ1n) is 3.57. The second-order valence-corrected chi connectivity index (χ2v) is 2.38. The Morgan fingerprint density at radius 3 is 3.11 bits per heavy atom. The van der Waals surface area contributed by atoms with Crippen LogP contribution in [0.4, 0.5) is 0 Å². The van der Waals surface area contributed by atoms with Crippen molar-refractivity contribution in [1.82, 2.24) is 0 Å². The van der Waals surface area contributed by atoms with Crippen molar-refractivity contribution in [1.29, 1.82) is 0 Å². The third-order valence-electron chi connectivity index (χ3n) is 1.59. The van der Waals surface area contributed by atoms with Crippen molar-refractivity contribution in [2.75, 3.05) is 26.2 Å². The van der Waals surface area contributed by atoms with Crippen LogP contribution in [0.5, 0.6) is 0 Å². The summed E-state index contributed by atoms with van der Waals surface area (Å²) in [7, 11) is 0. The first-order valence-corrected chi connectivity index (χ1v) is 3.57. The molecule has 54 valence electrons. The summed E-state index contributed by atoms with van der Waals surface area (Å²) in [5.74, 6) is 0. The molecule has 0 spiro atoms. The normalized spacial score (nSPS) is 27.0. The highest BCUT2D eigenvalue weighted by Crippen LogP contribution is 1.96. The van der Waals surface area contributed by atoms with Crippen molar-refractivity contribution >= 4 is 0 Å². The van der Waals surface area contributed by atoms with Crippen molar-refractivity contribution in [2.45, 2.75) is 12.5 Å². The Morgan fingerprint density at radius 1 is 1.67 bits per heavy atom. The highest BCUT2D eigenvalue weighted by molar-refractivity contribution is 4.58. The fraction of sp³-hybridized carbons (Fsp3) is 1.00. The molecule has 3 nitrogen and oxygen atoms in total. The standard InChI is InChI=1S/C6H14N2O/c7-2-4-9-6-1-3-8-5-6/h6,8H,1-5,7H2/p+1. The maximum Gasteiger partial charge on any atom is 0.112 e. The van der Waals surface area contributed by atoms with Crippen LogP contribution in [0.1, 0.15) is 6.42 Å². The number of quaternary nitrogens is 1. The molecular weight excluding hydrogens is 116 g/mol. The van der Waals surface area contributed by atoms with E-state index in [0.717, 1.165) is 13.2 Å². The van der Waals surface area contributed by atoms with Gasteiger partial charge in [0.05, 0.1) is 13.2 Å². The molecular formula is C6H15N2O+. The highest BCUT2D eigenvalue weighted by Gasteiger charge is 2.17.